The summed E-state index contributed by atoms with van der Waals surface area (Å²) in [4.78, 5) is 32.6. The Balaban J connectivity index is 2.96. The molecule has 1 heterocycles. The average Bonchev–Trinajstić information content (AvgIpc) is 2.45. The summed E-state index contributed by atoms with van der Waals surface area (Å²) in [6.45, 7) is 2.97. The van der Waals surface area contributed by atoms with Gasteiger partial charge in [-0.2, -0.15) is 0 Å². The second kappa shape index (κ2) is 8.37. The maximum Gasteiger partial charge on any atom is 0.469 e. The summed E-state index contributed by atoms with van der Waals surface area (Å²) in [7, 11) is -4.67. The molecule has 1 aromatic heterocycles. The van der Waals surface area contributed by atoms with Crippen LogP contribution in [0, 0.1) is 6.92 Å². The Labute approximate surface area is 133 Å². The summed E-state index contributed by atoms with van der Waals surface area (Å²) >= 11 is 0. The summed E-state index contributed by atoms with van der Waals surface area (Å²) in [5.74, 6) is -1.17. The van der Waals surface area contributed by atoms with Crippen molar-refractivity contribution in [1.82, 2.24) is 10.3 Å². The number of aromatic hydroxyl groups is 1. The minimum atomic E-state index is -4.67. The van der Waals surface area contributed by atoms with E-state index >= 15 is 0 Å². The Morgan fingerprint density at radius 1 is 1.48 bits per heavy atom. The SMILES string of the molecule is CCCC(NCc1c(COP(=O)(O)O)cnc(C)c1O)C(=O)O. The Morgan fingerprint density at radius 2 is 2.13 bits per heavy atom. The van der Waals surface area contributed by atoms with Gasteiger partial charge < -0.3 is 25.3 Å². The minimum absolute atomic E-state index is 0.00596. The molecule has 0 saturated heterocycles. The summed E-state index contributed by atoms with van der Waals surface area (Å²) in [5.41, 5.74) is 0.891. The molecule has 130 valence electrons. The zero-order chi connectivity index (χ0) is 17.6. The number of hydrogen-bond acceptors (Lipinski definition) is 6. The van der Waals surface area contributed by atoms with E-state index in [9.17, 15) is 14.5 Å². The molecule has 0 aliphatic rings. The summed E-state index contributed by atoms with van der Waals surface area (Å²) in [6, 6.07) is -0.788. The van der Waals surface area contributed by atoms with Gasteiger partial charge >= 0.3 is 13.8 Å². The second-order valence-corrected chi connectivity index (χ2v) is 6.26. The highest BCUT2D eigenvalue weighted by Gasteiger charge is 2.20. The number of nitrogens with one attached hydrogen (secondary N) is 1. The number of carboxylic acid groups (broad SMARTS) is 1. The molecule has 23 heavy (non-hydrogen) atoms. The van der Waals surface area contributed by atoms with Crippen molar-refractivity contribution in [1.29, 1.82) is 0 Å². The molecule has 1 rings (SSSR count). The van der Waals surface area contributed by atoms with Crippen molar-refractivity contribution in [2.24, 2.45) is 0 Å². The van der Waals surface area contributed by atoms with E-state index < -0.39 is 26.4 Å². The van der Waals surface area contributed by atoms with Crippen LogP contribution < -0.4 is 5.32 Å². The van der Waals surface area contributed by atoms with Crippen LogP contribution in [-0.2, 0) is 27.0 Å². The zero-order valence-corrected chi connectivity index (χ0v) is 13.8. The van der Waals surface area contributed by atoms with Gasteiger partial charge in [0.15, 0.2) is 0 Å². The summed E-state index contributed by atoms with van der Waals surface area (Å²) < 4.78 is 15.2. The highest BCUT2D eigenvalue weighted by molar-refractivity contribution is 7.46. The second-order valence-electron chi connectivity index (χ2n) is 5.02. The number of aromatic nitrogens is 1. The van der Waals surface area contributed by atoms with Gasteiger partial charge in [0.1, 0.15) is 11.8 Å². The molecule has 0 radical (unpaired) electrons. The van der Waals surface area contributed by atoms with Crippen LogP contribution in [0.1, 0.15) is 36.6 Å². The first kappa shape index (κ1) is 19.5. The number of aryl methyl sites for hydroxylation is 1. The Hall–Kier alpha value is -1.51. The molecular formula is C13H21N2O7P. The average molecular weight is 348 g/mol. The lowest BCUT2D eigenvalue weighted by Crippen LogP contribution is -2.36. The van der Waals surface area contributed by atoms with Crippen molar-refractivity contribution >= 4 is 13.8 Å². The molecular weight excluding hydrogens is 327 g/mol. The highest BCUT2D eigenvalue weighted by Crippen LogP contribution is 2.38. The van der Waals surface area contributed by atoms with E-state index in [2.05, 4.69) is 14.8 Å². The number of carbonyl (C=O) groups is 1. The van der Waals surface area contributed by atoms with Crippen LogP contribution in [0.15, 0.2) is 6.20 Å². The molecule has 0 aliphatic heterocycles. The van der Waals surface area contributed by atoms with Gasteiger partial charge in [0.05, 0.1) is 12.3 Å². The van der Waals surface area contributed by atoms with Crippen molar-refractivity contribution in [3.8, 4) is 5.75 Å². The van der Waals surface area contributed by atoms with Crippen LogP contribution in [0.4, 0.5) is 0 Å². The third kappa shape index (κ3) is 6.25. The predicted molar refractivity (Wildman–Crippen MR) is 80.6 cm³/mol. The maximum absolute atomic E-state index is 11.1. The maximum atomic E-state index is 11.1. The number of nitrogens with zero attached hydrogens (tertiary/aromatic N) is 1. The van der Waals surface area contributed by atoms with Crippen molar-refractivity contribution in [2.45, 2.75) is 45.9 Å². The fraction of sp³-hybridized carbons (Fsp3) is 0.538. The van der Waals surface area contributed by atoms with Crippen molar-refractivity contribution in [2.75, 3.05) is 0 Å². The minimum Gasteiger partial charge on any atom is -0.506 e. The highest BCUT2D eigenvalue weighted by atomic mass is 31.2. The van der Waals surface area contributed by atoms with Gasteiger partial charge in [0, 0.05) is 23.9 Å². The molecule has 0 aliphatic carbocycles. The third-order valence-corrected chi connectivity index (χ3v) is 3.68. The molecule has 5 N–H and O–H groups in total. The van der Waals surface area contributed by atoms with Gasteiger partial charge in [-0.3, -0.25) is 14.3 Å². The predicted octanol–water partition coefficient (Wildman–Crippen LogP) is 1.05. The molecule has 0 amide bonds. The number of aliphatic carboxylic acids is 1. The third-order valence-electron chi connectivity index (χ3n) is 3.22. The number of rotatable bonds is 9. The van der Waals surface area contributed by atoms with Crippen LogP contribution in [0.2, 0.25) is 0 Å². The van der Waals surface area contributed by atoms with Crippen LogP contribution in [0.5, 0.6) is 5.75 Å². The van der Waals surface area contributed by atoms with Gasteiger partial charge in [0.25, 0.3) is 0 Å². The Kier molecular flexibility index (Phi) is 7.11. The largest absolute Gasteiger partial charge is 0.506 e. The van der Waals surface area contributed by atoms with E-state index in [1.54, 1.807) is 6.92 Å². The fourth-order valence-corrected chi connectivity index (χ4v) is 2.29. The molecule has 0 fully saturated rings. The molecule has 0 spiro atoms. The van der Waals surface area contributed by atoms with Crippen LogP contribution in [0.3, 0.4) is 0 Å². The molecule has 9 nitrogen and oxygen atoms in total. The molecule has 0 saturated carbocycles. The molecule has 1 atom stereocenters. The smallest absolute Gasteiger partial charge is 0.469 e. The number of carboxylic acids is 1. The Bertz CT molecular complexity index is 602. The van der Waals surface area contributed by atoms with Gasteiger partial charge in [-0.15, -0.1) is 0 Å². The van der Waals surface area contributed by atoms with Gasteiger partial charge in [-0.05, 0) is 13.3 Å². The number of phosphoric ester groups is 1. The standard InChI is InChI=1S/C13H21N2O7P/c1-3-4-11(13(17)18)15-6-10-9(7-22-23(19,20)21)5-14-8(2)12(10)16/h5,11,15-16H,3-4,6-7H2,1-2H3,(H,17,18)(H2,19,20,21). The molecule has 0 bridgehead atoms. The van der Waals surface area contributed by atoms with E-state index in [1.807, 2.05) is 6.92 Å². The Morgan fingerprint density at radius 3 is 2.65 bits per heavy atom. The van der Waals surface area contributed by atoms with Gasteiger partial charge in [0.2, 0.25) is 0 Å². The number of pyridine rings is 1. The van der Waals surface area contributed by atoms with E-state index in [-0.39, 0.29) is 17.9 Å². The van der Waals surface area contributed by atoms with Crippen LogP contribution in [0.25, 0.3) is 0 Å². The van der Waals surface area contributed by atoms with Crippen molar-refractivity contribution in [3.63, 3.8) is 0 Å². The lowest BCUT2D eigenvalue weighted by molar-refractivity contribution is -0.139. The first-order valence-corrected chi connectivity index (χ1v) is 8.51. The fourth-order valence-electron chi connectivity index (χ4n) is 1.99. The van der Waals surface area contributed by atoms with E-state index in [4.69, 9.17) is 14.9 Å². The topological polar surface area (TPSA) is 149 Å². The van der Waals surface area contributed by atoms with E-state index in [1.165, 1.54) is 6.20 Å². The van der Waals surface area contributed by atoms with Crippen molar-refractivity contribution in [3.05, 3.63) is 23.0 Å². The van der Waals surface area contributed by atoms with E-state index in [0.717, 1.165) is 0 Å². The van der Waals surface area contributed by atoms with E-state index in [0.29, 0.717) is 24.1 Å². The van der Waals surface area contributed by atoms with Gasteiger partial charge in [-0.1, -0.05) is 13.3 Å². The first-order valence-electron chi connectivity index (χ1n) is 6.98. The quantitative estimate of drug-likeness (QED) is 0.413. The molecule has 10 heteroatoms. The molecule has 1 aromatic rings. The lowest BCUT2D eigenvalue weighted by Gasteiger charge is -2.17. The first-order chi connectivity index (χ1) is 10.7. The van der Waals surface area contributed by atoms with Crippen molar-refractivity contribution < 1.29 is 33.9 Å². The monoisotopic (exact) mass is 348 g/mol. The zero-order valence-electron chi connectivity index (χ0n) is 12.9. The summed E-state index contributed by atoms with van der Waals surface area (Å²) in [5, 5.41) is 22.0. The van der Waals surface area contributed by atoms with Gasteiger partial charge in [-0.25, -0.2) is 4.57 Å². The molecule has 0 aromatic carbocycles. The number of phosphoric acid groups is 1. The summed E-state index contributed by atoms with van der Waals surface area (Å²) in [6.07, 6.45) is 2.41. The van der Waals surface area contributed by atoms with Crippen LogP contribution in [-0.4, -0.2) is 37.0 Å². The normalized spacial score (nSPS) is 13.0. The molecule has 1 unspecified atom stereocenters. The number of hydrogen-bond donors (Lipinski definition) is 5. The van der Waals surface area contributed by atoms with Crippen LogP contribution >= 0.6 is 7.82 Å². The lowest BCUT2D eigenvalue weighted by atomic mass is 10.1.